The van der Waals surface area contributed by atoms with E-state index in [1.165, 1.54) is 4.90 Å². The zero-order chi connectivity index (χ0) is 27.0. The summed E-state index contributed by atoms with van der Waals surface area (Å²) in [5, 5.41) is 3.08. The van der Waals surface area contributed by atoms with Gasteiger partial charge in [-0.1, -0.05) is 56.5 Å². The van der Waals surface area contributed by atoms with Crippen LogP contribution >= 0.6 is 0 Å². The molecule has 1 unspecified atom stereocenters. The van der Waals surface area contributed by atoms with E-state index in [2.05, 4.69) is 5.32 Å². The Morgan fingerprint density at radius 3 is 2.30 bits per heavy atom. The molecule has 0 heterocycles. The zero-order valence-electron chi connectivity index (χ0n) is 21.3. The van der Waals surface area contributed by atoms with Crippen molar-refractivity contribution in [3.05, 3.63) is 65.7 Å². The SMILES string of the molecule is CCC(C(=O)NC1CCCCC1)N(CCc1ccccc1)C(=O)CN(c1ccc(F)c(F)c1)S(C)(=O)=O. The molecule has 0 spiro atoms. The summed E-state index contributed by atoms with van der Waals surface area (Å²) in [7, 11) is -4.02. The monoisotopic (exact) mass is 535 g/mol. The molecule has 1 aliphatic carbocycles. The average molecular weight is 536 g/mol. The van der Waals surface area contributed by atoms with Gasteiger partial charge in [0.2, 0.25) is 21.8 Å². The summed E-state index contributed by atoms with van der Waals surface area (Å²) >= 11 is 0. The molecule has 10 heteroatoms. The number of amides is 2. The van der Waals surface area contributed by atoms with Crippen molar-refractivity contribution in [2.24, 2.45) is 0 Å². The van der Waals surface area contributed by atoms with Crippen molar-refractivity contribution < 1.29 is 26.8 Å². The molecular weight excluding hydrogens is 500 g/mol. The fourth-order valence-electron chi connectivity index (χ4n) is 4.69. The minimum atomic E-state index is -4.02. The molecule has 2 amide bonds. The molecule has 1 saturated carbocycles. The fourth-order valence-corrected chi connectivity index (χ4v) is 5.54. The lowest BCUT2D eigenvalue weighted by molar-refractivity contribution is -0.140. The van der Waals surface area contributed by atoms with Gasteiger partial charge in [-0.05, 0) is 43.4 Å². The van der Waals surface area contributed by atoms with E-state index in [0.29, 0.717) is 12.8 Å². The number of sulfonamides is 1. The highest BCUT2D eigenvalue weighted by Gasteiger charge is 2.32. The summed E-state index contributed by atoms with van der Waals surface area (Å²) in [6, 6.07) is 11.4. The molecule has 1 N–H and O–H groups in total. The van der Waals surface area contributed by atoms with Crippen LogP contribution in [0.5, 0.6) is 0 Å². The number of nitrogens with zero attached hydrogens (tertiary/aromatic N) is 2. The normalized spacial score (nSPS) is 15.1. The first kappa shape index (κ1) is 28.6. The van der Waals surface area contributed by atoms with Crippen molar-refractivity contribution in [1.82, 2.24) is 10.2 Å². The van der Waals surface area contributed by atoms with Gasteiger partial charge in [0.1, 0.15) is 12.6 Å². The number of carbonyl (C=O) groups excluding carboxylic acids is 2. The van der Waals surface area contributed by atoms with Gasteiger partial charge in [0.05, 0.1) is 11.9 Å². The summed E-state index contributed by atoms with van der Waals surface area (Å²) in [5.74, 6) is -3.22. The number of anilines is 1. The largest absolute Gasteiger partial charge is 0.352 e. The minimum Gasteiger partial charge on any atom is -0.352 e. The maximum Gasteiger partial charge on any atom is 0.244 e. The summed E-state index contributed by atoms with van der Waals surface area (Å²) < 4.78 is 53.2. The van der Waals surface area contributed by atoms with E-state index in [0.717, 1.165) is 66.4 Å². The highest BCUT2D eigenvalue weighted by molar-refractivity contribution is 7.92. The molecule has 2 aromatic carbocycles. The Balaban J connectivity index is 1.87. The molecule has 1 aliphatic rings. The predicted octanol–water partition coefficient (Wildman–Crippen LogP) is 4.03. The van der Waals surface area contributed by atoms with Crippen molar-refractivity contribution >= 4 is 27.5 Å². The number of halogens is 2. The van der Waals surface area contributed by atoms with E-state index in [1.54, 1.807) is 6.92 Å². The lowest BCUT2D eigenvalue weighted by Crippen LogP contribution is -2.54. The first-order valence-electron chi connectivity index (χ1n) is 12.7. The Morgan fingerprint density at radius 1 is 1.03 bits per heavy atom. The average Bonchev–Trinajstić information content (AvgIpc) is 2.87. The summed E-state index contributed by atoms with van der Waals surface area (Å²) in [5.41, 5.74) is 0.792. The van der Waals surface area contributed by atoms with Crippen molar-refractivity contribution in [3.63, 3.8) is 0 Å². The van der Waals surface area contributed by atoms with Crippen LogP contribution in [-0.4, -0.2) is 56.6 Å². The molecule has 0 bridgehead atoms. The number of benzene rings is 2. The molecule has 1 atom stereocenters. The van der Waals surface area contributed by atoms with Crippen LogP contribution in [0.25, 0.3) is 0 Å². The van der Waals surface area contributed by atoms with Crippen molar-refractivity contribution in [2.75, 3.05) is 23.7 Å². The minimum absolute atomic E-state index is 0.0519. The number of carbonyl (C=O) groups is 2. The highest BCUT2D eigenvalue weighted by atomic mass is 32.2. The molecule has 0 aromatic heterocycles. The van der Waals surface area contributed by atoms with Gasteiger partial charge in [-0.3, -0.25) is 13.9 Å². The van der Waals surface area contributed by atoms with Crippen LogP contribution < -0.4 is 9.62 Å². The molecule has 37 heavy (non-hydrogen) atoms. The Bertz CT molecular complexity index is 1170. The first-order chi connectivity index (χ1) is 17.6. The van der Waals surface area contributed by atoms with Gasteiger partial charge in [-0.2, -0.15) is 0 Å². The van der Waals surface area contributed by atoms with Gasteiger partial charge in [0.25, 0.3) is 0 Å². The van der Waals surface area contributed by atoms with Crippen LogP contribution in [-0.2, 0) is 26.0 Å². The van der Waals surface area contributed by atoms with Crippen LogP contribution in [0.15, 0.2) is 48.5 Å². The van der Waals surface area contributed by atoms with Crippen molar-refractivity contribution in [2.45, 2.75) is 64.0 Å². The molecule has 2 aromatic rings. The van der Waals surface area contributed by atoms with E-state index in [4.69, 9.17) is 0 Å². The Kier molecular flexibility index (Phi) is 10.0. The second-order valence-corrected chi connectivity index (χ2v) is 11.4. The summed E-state index contributed by atoms with van der Waals surface area (Å²) in [6.07, 6.45) is 6.68. The van der Waals surface area contributed by atoms with Gasteiger partial charge < -0.3 is 10.2 Å². The highest BCUT2D eigenvalue weighted by Crippen LogP contribution is 2.22. The topological polar surface area (TPSA) is 86.8 Å². The number of nitrogens with one attached hydrogen (secondary N) is 1. The Morgan fingerprint density at radius 2 is 1.70 bits per heavy atom. The van der Waals surface area contributed by atoms with Gasteiger partial charge in [-0.25, -0.2) is 17.2 Å². The predicted molar refractivity (Wildman–Crippen MR) is 140 cm³/mol. The quantitative estimate of drug-likeness (QED) is 0.471. The maximum absolute atomic E-state index is 13.9. The lowest BCUT2D eigenvalue weighted by Gasteiger charge is -2.34. The van der Waals surface area contributed by atoms with E-state index in [-0.39, 0.29) is 24.2 Å². The molecule has 0 aliphatic heterocycles. The van der Waals surface area contributed by atoms with Gasteiger partial charge >= 0.3 is 0 Å². The standard InChI is InChI=1S/C27H35F2N3O4S/c1-3-25(27(34)30-21-12-8-5-9-13-21)31(17-16-20-10-6-4-7-11-20)26(33)19-32(37(2,35)36)22-14-15-23(28)24(29)18-22/h4,6-7,10-11,14-15,18,21,25H,3,5,8-9,12-13,16-17,19H2,1-2H3,(H,30,34). The molecule has 1 fully saturated rings. The first-order valence-corrected chi connectivity index (χ1v) is 14.5. The van der Waals surface area contributed by atoms with Crippen LogP contribution in [0.2, 0.25) is 0 Å². The van der Waals surface area contributed by atoms with Crippen LogP contribution in [0.4, 0.5) is 14.5 Å². The summed E-state index contributed by atoms with van der Waals surface area (Å²) in [4.78, 5) is 28.3. The lowest BCUT2D eigenvalue weighted by atomic mass is 9.95. The van der Waals surface area contributed by atoms with Crippen molar-refractivity contribution in [3.8, 4) is 0 Å². The molecule has 0 radical (unpaired) electrons. The summed E-state index contributed by atoms with van der Waals surface area (Å²) in [6.45, 7) is 1.35. The zero-order valence-corrected chi connectivity index (χ0v) is 22.1. The fraction of sp³-hybridized carbons (Fsp3) is 0.481. The van der Waals surface area contributed by atoms with E-state index in [9.17, 15) is 26.8 Å². The van der Waals surface area contributed by atoms with E-state index >= 15 is 0 Å². The number of rotatable bonds is 11. The van der Waals surface area contributed by atoms with Gasteiger partial charge in [0.15, 0.2) is 11.6 Å². The second-order valence-electron chi connectivity index (χ2n) is 9.46. The molecule has 202 valence electrons. The third kappa shape index (κ3) is 7.99. The molecule has 0 saturated heterocycles. The second kappa shape index (κ2) is 13.0. The van der Waals surface area contributed by atoms with Crippen LogP contribution in [0, 0.1) is 11.6 Å². The van der Waals surface area contributed by atoms with E-state index < -0.39 is 40.2 Å². The van der Waals surface area contributed by atoms with Gasteiger partial charge in [-0.15, -0.1) is 0 Å². The van der Waals surface area contributed by atoms with Crippen LogP contribution in [0.3, 0.4) is 0 Å². The molecule has 7 nitrogen and oxygen atoms in total. The molecule has 3 rings (SSSR count). The smallest absolute Gasteiger partial charge is 0.244 e. The third-order valence-electron chi connectivity index (χ3n) is 6.69. The number of hydrogen-bond acceptors (Lipinski definition) is 4. The Hall–Kier alpha value is -3.01. The van der Waals surface area contributed by atoms with E-state index in [1.807, 2.05) is 30.3 Å². The van der Waals surface area contributed by atoms with Crippen molar-refractivity contribution in [1.29, 1.82) is 0 Å². The number of hydrogen-bond donors (Lipinski definition) is 1. The Labute approximate surface area is 217 Å². The van der Waals surface area contributed by atoms with Gasteiger partial charge in [0, 0.05) is 18.7 Å². The van der Waals surface area contributed by atoms with Crippen LogP contribution in [0.1, 0.15) is 51.0 Å². The third-order valence-corrected chi connectivity index (χ3v) is 7.83. The maximum atomic E-state index is 13.9. The molecular formula is C27H35F2N3O4S.